The molecule has 2 aliphatic rings. The average Bonchev–Trinajstić information content (AvgIpc) is 2.69. The molecule has 0 spiro atoms. The molecule has 2 heterocycles. The highest BCUT2D eigenvalue weighted by Gasteiger charge is 2.40. The molecule has 13 heavy (non-hydrogen) atoms. The average molecular weight is 184 g/mol. The first kappa shape index (κ1) is 9.44. The van der Waals surface area contributed by atoms with E-state index in [1.807, 2.05) is 0 Å². The lowest BCUT2D eigenvalue weighted by Gasteiger charge is -2.39. The number of rotatable bonds is 2. The summed E-state index contributed by atoms with van der Waals surface area (Å²) in [6.45, 7) is 3.61. The molecule has 2 unspecified atom stereocenters. The molecule has 0 aromatic rings. The SMILES string of the molecule is OCC1(C2CCCNC2)CCCN1. The van der Waals surface area contributed by atoms with Gasteiger partial charge in [0.2, 0.25) is 0 Å². The second-order valence-corrected chi connectivity index (χ2v) is 4.39. The minimum absolute atomic E-state index is 0.0490. The van der Waals surface area contributed by atoms with E-state index >= 15 is 0 Å². The van der Waals surface area contributed by atoms with E-state index in [2.05, 4.69) is 10.6 Å². The molecular weight excluding hydrogens is 164 g/mol. The van der Waals surface area contributed by atoms with Gasteiger partial charge < -0.3 is 15.7 Å². The zero-order valence-electron chi connectivity index (χ0n) is 8.18. The smallest absolute Gasteiger partial charge is 0.0616 e. The molecule has 0 aliphatic carbocycles. The number of nitrogens with one attached hydrogen (secondary N) is 2. The Morgan fingerprint density at radius 1 is 1.31 bits per heavy atom. The zero-order valence-corrected chi connectivity index (χ0v) is 8.18. The van der Waals surface area contributed by atoms with Crippen molar-refractivity contribution in [3.8, 4) is 0 Å². The van der Waals surface area contributed by atoms with Crippen molar-refractivity contribution in [3.05, 3.63) is 0 Å². The van der Waals surface area contributed by atoms with Gasteiger partial charge in [0.1, 0.15) is 0 Å². The zero-order chi connectivity index (χ0) is 9.15. The summed E-state index contributed by atoms with van der Waals surface area (Å²) >= 11 is 0. The fourth-order valence-electron chi connectivity index (χ4n) is 2.77. The quantitative estimate of drug-likeness (QED) is 0.570. The third-order valence-electron chi connectivity index (χ3n) is 3.64. The fourth-order valence-corrected chi connectivity index (χ4v) is 2.77. The molecule has 2 rings (SSSR count). The number of hydrogen-bond donors (Lipinski definition) is 3. The predicted octanol–water partition coefficient (Wildman–Crippen LogP) is 0.100. The summed E-state index contributed by atoms with van der Waals surface area (Å²) in [6.07, 6.45) is 4.89. The van der Waals surface area contributed by atoms with E-state index in [1.54, 1.807) is 0 Å². The van der Waals surface area contributed by atoms with Crippen molar-refractivity contribution in [1.82, 2.24) is 10.6 Å². The Bertz CT molecular complexity index is 160. The highest BCUT2D eigenvalue weighted by molar-refractivity contribution is 4.99. The Balaban J connectivity index is 2.01. The number of aliphatic hydroxyl groups is 1. The van der Waals surface area contributed by atoms with Crippen LogP contribution in [0.2, 0.25) is 0 Å². The van der Waals surface area contributed by atoms with E-state index in [1.165, 1.54) is 19.3 Å². The van der Waals surface area contributed by atoms with E-state index < -0.39 is 0 Å². The molecule has 0 aromatic carbocycles. The van der Waals surface area contributed by atoms with Crippen molar-refractivity contribution in [1.29, 1.82) is 0 Å². The molecule has 0 aromatic heterocycles. The molecule has 0 bridgehead atoms. The van der Waals surface area contributed by atoms with E-state index in [9.17, 15) is 5.11 Å². The van der Waals surface area contributed by atoms with Crippen LogP contribution < -0.4 is 10.6 Å². The molecule has 3 heteroatoms. The molecule has 0 saturated carbocycles. The Kier molecular flexibility index (Phi) is 2.86. The van der Waals surface area contributed by atoms with Crippen LogP contribution in [0.4, 0.5) is 0 Å². The molecule has 2 atom stereocenters. The Morgan fingerprint density at radius 3 is 2.77 bits per heavy atom. The van der Waals surface area contributed by atoms with Crippen LogP contribution in [-0.2, 0) is 0 Å². The maximum Gasteiger partial charge on any atom is 0.0616 e. The van der Waals surface area contributed by atoms with Crippen LogP contribution in [-0.4, -0.2) is 36.9 Å². The first-order valence-corrected chi connectivity index (χ1v) is 5.44. The van der Waals surface area contributed by atoms with Gasteiger partial charge in [0.15, 0.2) is 0 Å². The molecule has 2 saturated heterocycles. The maximum atomic E-state index is 9.48. The van der Waals surface area contributed by atoms with Crippen LogP contribution in [0, 0.1) is 5.92 Å². The lowest BCUT2D eigenvalue weighted by Crippen LogP contribution is -2.54. The van der Waals surface area contributed by atoms with Gasteiger partial charge in [-0.15, -0.1) is 0 Å². The molecular formula is C10H20N2O. The molecule has 76 valence electrons. The standard InChI is InChI=1S/C10H20N2O/c13-8-10(4-2-6-12-10)9-3-1-5-11-7-9/h9,11-13H,1-8H2. The van der Waals surface area contributed by atoms with Crippen molar-refractivity contribution in [3.63, 3.8) is 0 Å². The summed E-state index contributed by atoms with van der Waals surface area (Å²) in [5.74, 6) is 0.633. The van der Waals surface area contributed by atoms with Crippen LogP contribution in [0.25, 0.3) is 0 Å². The monoisotopic (exact) mass is 184 g/mol. The van der Waals surface area contributed by atoms with E-state index in [-0.39, 0.29) is 5.54 Å². The fraction of sp³-hybridized carbons (Fsp3) is 1.00. The lowest BCUT2D eigenvalue weighted by atomic mass is 9.79. The summed E-state index contributed by atoms with van der Waals surface area (Å²) in [6, 6.07) is 0. The first-order valence-electron chi connectivity index (χ1n) is 5.44. The minimum Gasteiger partial charge on any atom is -0.394 e. The minimum atomic E-state index is 0.0490. The van der Waals surface area contributed by atoms with Gasteiger partial charge in [0.25, 0.3) is 0 Å². The molecule has 3 nitrogen and oxygen atoms in total. The van der Waals surface area contributed by atoms with Gasteiger partial charge in [-0.25, -0.2) is 0 Å². The second kappa shape index (κ2) is 3.95. The van der Waals surface area contributed by atoms with Crippen molar-refractivity contribution in [2.45, 2.75) is 31.2 Å². The van der Waals surface area contributed by atoms with Gasteiger partial charge >= 0.3 is 0 Å². The summed E-state index contributed by atoms with van der Waals surface area (Å²) < 4.78 is 0. The Morgan fingerprint density at radius 2 is 2.23 bits per heavy atom. The van der Waals surface area contributed by atoms with Crippen LogP contribution in [0.1, 0.15) is 25.7 Å². The summed E-state index contributed by atoms with van der Waals surface area (Å²) in [5.41, 5.74) is 0.0490. The Hall–Kier alpha value is -0.120. The highest BCUT2D eigenvalue weighted by Crippen LogP contribution is 2.31. The van der Waals surface area contributed by atoms with Crippen LogP contribution in [0.15, 0.2) is 0 Å². The molecule has 0 amide bonds. The summed E-state index contributed by atoms with van der Waals surface area (Å²) in [5, 5.41) is 16.4. The molecule has 3 N–H and O–H groups in total. The Labute approximate surface area is 79.9 Å². The van der Waals surface area contributed by atoms with Crippen molar-refractivity contribution in [2.24, 2.45) is 5.92 Å². The predicted molar refractivity (Wildman–Crippen MR) is 52.6 cm³/mol. The van der Waals surface area contributed by atoms with Gasteiger partial charge in [-0.2, -0.15) is 0 Å². The normalized spacial score (nSPS) is 40.8. The second-order valence-electron chi connectivity index (χ2n) is 4.39. The summed E-state index contributed by atoms with van der Waals surface area (Å²) in [4.78, 5) is 0. The van der Waals surface area contributed by atoms with Gasteiger partial charge in [-0.3, -0.25) is 0 Å². The van der Waals surface area contributed by atoms with E-state index in [4.69, 9.17) is 0 Å². The van der Waals surface area contributed by atoms with Crippen molar-refractivity contribution < 1.29 is 5.11 Å². The molecule has 0 radical (unpaired) electrons. The van der Waals surface area contributed by atoms with Crippen molar-refractivity contribution >= 4 is 0 Å². The largest absolute Gasteiger partial charge is 0.394 e. The van der Waals surface area contributed by atoms with E-state index in [0.29, 0.717) is 12.5 Å². The topological polar surface area (TPSA) is 44.3 Å². The van der Waals surface area contributed by atoms with E-state index in [0.717, 1.165) is 26.1 Å². The lowest BCUT2D eigenvalue weighted by molar-refractivity contribution is 0.104. The van der Waals surface area contributed by atoms with Crippen LogP contribution in [0.3, 0.4) is 0 Å². The molecule has 2 aliphatic heterocycles. The van der Waals surface area contributed by atoms with Gasteiger partial charge in [-0.1, -0.05) is 0 Å². The number of hydrogen-bond acceptors (Lipinski definition) is 3. The van der Waals surface area contributed by atoms with Gasteiger partial charge in [-0.05, 0) is 51.2 Å². The van der Waals surface area contributed by atoms with Gasteiger partial charge in [0.05, 0.1) is 6.61 Å². The third kappa shape index (κ3) is 1.73. The first-order chi connectivity index (χ1) is 6.37. The highest BCUT2D eigenvalue weighted by atomic mass is 16.3. The van der Waals surface area contributed by atoms with Crippen LogP contribution in [0.5, 0.6) is 0 Å². The summed E-state index contributed by atoms with van der Waals surface area (Å²) in [7, 11) is 0. The van der Waals surface area contributed by atoms with Crippen LogP contribution >= 0.6 is 0 Å². The number of aliphatic hydroxyl groups excluding tert-OH is 1. The third-order valence-corrected chi connectivity index (χ3v) is 3.64. The van der Waals surface area contributed by atoms with Crippen molar-refractivity contribution in [2.75, 3.05) is 26.2 Å². The maximum absolute atomic E-state index is 9.48. The molecule has 2 fully saturated rings. The van der Waals surface area contributed by atoms with Gasteiger partial charge in [0, 0.05) is 5.54 Å². The number of piperidine rings is 1.